The van der Waals surface area contributed by atoms with Crippen LogP contribution < -0.4 is 24.8 Å². The predicted molar refractivity (Wildman–Crippen MR) is 96.8 cm³/mol. The Hall–Kier alpha value is -2.68. The predicted octanol–water partition coefficient (Wildman–Crippen LogP) is 1.04. The molecule has 0 saturated heterocycles. The summed E-state index contributed by atoms with van der Waals surface area (Å²) in [6, 6.07) is 5.15. The Bertz CT molecular complexity index is 774. The van der Waals surface area contributed by atoms with Crippen LogP contribution in [0.3, 0.4) is 0 Å². The van der Waals surface area contributed by atoms with Gasteiger partial charge < -0.3 is 35.1 Å². The third-order valence-electron chi connectivity index (χ3n) is 5.97. The average Bonchev–Trinajstić information content (AvgIpc) is 2.67. The minimum Gasteiger partial charge on any atom is -0.486 e. The van der Waals surface area contributed by atoms with E-state index in [1.54, 1.807) is 18.2 Å². The van der Waals surface area contributed by atoms with Crippen molar-refractivity contribution in [3.05, 3.63) is 18.2 Å². The molecule has 1 atom stereocenters. The van der Waals surface area contributed by atoms with Crippen LogP contribution in [0.5, 0.6) is 17.2 Å². The van der Waals surface area contributed by atoms with E-state index >= 15 is 0 Å². The van der Waals surface area contributed by atoms with E-state index in [1.807, 2.05) is 0 Å². The summed E-state index contributed by atoms with van der Waals surface area (Å²) in [5, 5.41) is 25.0. The zero-order valence-electron chi connectivity index (χ0n) is 15.4. The van der Waals surface area contributed by atoms with Crippen LogP contribution in [0.15, 0.2) is 18.2 Å². The number of aliphatic hydroxyl groups is 1. The number of hydrogen-bond donors (Lipinski definition) is 4. The molecule has 28 heavy (non-hydrogen) atoms. The van der Waals surface area contributed by atoms with Crippen molar-refractivity contribution < 1.29 is 34.0 Å². The molecule has 4 N–H and O–H groups in total. The van der Waals surface area contributed by atoms with Crippen molar-refractivity contribution in [2.24, 2.45) is 0 Å². The topological polar surface area (TPSA) is 126 Å². The Balaban J connectivity index is 1.33. The van der Waals surface area contributed by atoms with Gasteiger partial charge in [0.15, 0.2) is 18.1 Å². The molecule has 3 saturated carbocycles. The number of ether oxygens (including phenoxy) is 3. The third kappa shape index (κ3) is 3.54. The molecule has 1 aliphatic heterocycles. The first-order valence-corrected chi connectivity index (χ1v) is 9.42. The van der Waals surface area contributed by atoms with Crippen LogP contribution in [0.4, 0.5) is 4.79 Å². The van der Waals surface area contributed by atoms with E-state index in [9.17, 15) is 14.7 Å². The second kappa shape index (κ2) is 7.05. The van der Waals surface area contributed by atoms with Gasteiger partial charge in [0, 0.05) is 11.6 Å². The molecule has 1 heterocycles. The molecule has 3 fully saturated rings. The van der Waals surface area contributed by atoms with Crippen LogP contribution in [-0.4, -0.2) is 59.2 Å². The molecular formula is C19H24N2O7. The molecule has 3 aliphatic carbocycles. The van der Waals surface area contributed by atoms with Gasteiger partial charge in [0.1, 0.15) is 19.0 Å². The van der Waals surface area contributed by atoms with Crippen LogP contribution in [0.1, 0.15) is 32.1 Å². The summed E-state index contributed by atoms with van der Waals surface area (Å²) in [4.78, 5) is 23.5. The van der Waals surface area contributed by atoms with Crippen LogP contribution in [-0.2, 0) is 4.79 Å². The lowest BCUT2D eigenvalue weighted by Gasteiger charge is -2.55. The Morgan fingerprint density at radius 2 is 1.82 bits per heavy atom. The van der Waals surface area contributed by atoms with Crippen LogP contribution in [0, 0.1) is 0 Å². The number of aliphatic hydroxyl groups excluding tert-OH is 1. The first-order chi connectivity index (χ1) is 13.4. The molecular weight excluding hydrogens is 368 g/mol. The van der Waals surface area contributed by atoms with Gasteiger partial charge in [-0.15, -0.1) is 0 Å². The molecule has 9 heteroatoms. The SMILES string of the molecule is O=C(O)NC12CCC(NC(=O)COc3ccc4c(c3)OCCO4)(CC1)CC2O. The number of carboxylic acid groups (broad SMARTS) is 1. The first kappa shape index (κ1) is 18.7. The van der Waals surface area contributed by atoms with Crippen molar-refractivity contribution in [2.75, 3.05) is 19.8 Å². The Kier molecular flexibility index (Phi) is 4.70. The Morgan fingerprint density at radius 3 is 2.50 bits per heavy atom. The monoisotopic (exact) mass is 392 g/mol. The lowest BCUT2D eigenvalue weighted by Crippen LogP contribution is -2.70. The van der Waals surface area contributed by atoms with Crippen molar-refractivity contribution in [3.8, 4) is 17.2 Å². The van der Waals surface area contributed by atoms with Crippen molar-refractivity contribution in [3.63, 3.8) is 0 Å². The van der Waals surface area contributed by atoms with Gasteiger partial charge in [-0.3, -0.25) is 4.79 Å². The van der Waals surface area contributed by atoms with Gasteiger partial charge in [-0.25, -0.2) is 4.79 Å². The largest absolute Gasteiger partial charge is 0.486 e. The molecule has 2 amide bonds. The highest BCUT2D eigenvalue weighted by atomic mass is 16.6. The van der Waals surface area contributed by atoms with Gasteiger partial charge in [-0.1, -0.05) is 0 Å². The normalized spacial score (nSPS) is 30.4. The fourth-order valence-corrected chi connectivity index (χ4v) is 4.47. The van der Waals surface area contributed by atoms with Crippen molar-refractivity contribution >= 4 is 12.0 Å². The molecule has 2 bridgehead atoms. The smallest absolute Gasteiger partial charge is 0.405 e. The summed E-state index contributed by atoms with van der Waals surface area (Å²) < 4.78 is 16.5. The lowest BCUT2D eigenvalue weighted by atomic mass is 9.60. The highest BCUT2D eigenvalue weighted by Crippen LogP contribution is 2.47. The summed E-state index contributed by atoms with van der Waals surface area (Å²) in [6.45, 7) is 0.822. The molecule has 0 spiro atoms. The summed E-state index contributed by atoms with van der Waals surface area (Å²) in [5.41, 5.74) is -1.32. The van der Waals surface area contributed by atoms with Gasteiger partial charge in [-0.2, -0.15) is 0 Å². The highest BCUT2D eigenvalue weighted by molar-refractivity contribution is 5.78. The number of nitrogens with one attached hydrogen (secondary N) is 2. The average molecular weight is 392 g/mol. The van der Waals surface area contributed by atoms with E-state index in [0.29, 0.717) is 62.6 Å². The van der Waals surface area contributed by atoms with E-state index < -0.39 is 23.3 Å². The Labute approximate surface area is 162 Å². The summed E-state index contributed by atoms with van der Waals surface area (Å²) in [5.74, 6) is 1.48. The van der Waals surface area contributed by atoms with E-state index in [2.05, 4.69) is 10.6 Å². The molecule has 4 aliphatic rings. The number of benzene rings is 1. The number of rotatable bonds is 5. The number of carbonyl (C=O) groups is 2. The minimum atomic E-state index is -1.13. The van der Waals surface area contributed by atoms with Gasteiger partial charge in [0.05, 0.1) is 11.6 Å². The molecule has 0 radical (unpaired) electrons. The van der Waals surface area contributed by atoms with Gasteiger partial charge in [0.25, 0.3) is 5.91 Å². The van der Waals surface area contributed by atoms with Crippen LogP contribution in [0.2, 0.25) is 0 Å². The number of amides is 2. The standard InChI is InChI=1S/C19H24N2O7/c22-15-10-18(3-5-19(15,6-4-18)21-17(24)25)20-16(23)11-28-12-1-2-13-14(9-12)27-8-7-26-13/h1-2,9,15,21-22H,3-8,10-11H2,(H,20,23)(H,24,25). The first-order valence-electron chi connectivity index (χ1n) is 9.42. The van der Waals surface area contributed by atoms with Crippen molar-refractivity contribution in [1.29, 1.82) is 0 Å². The third-order valence-corrected chi connectivity index (χ3v) is 5.97. The van der Waals surface area contributed by atoms with Gasteiger partial charge in [0.2, 0.25) is 0 Å². The van der Waals surface area contributed by atoms with E-state index in [-0.39, 0.29) is 12.5 Å². The second-order valence-corrected chi connectivity index (χ2v) is 7.73. The number of carbonyl (C=O) groups excluding carboxylic acids is 1. The van der Waals surface area contributed by atoms with Crippen LogP contribution >= 0.6 is 0 Å². The van der Waals surface area contributed by atoms with E-state index in [1.165, 1.54) is 0 Å². The molecule has 9 nitrogen and oxygen atoms in total. The summed E-state index contributed by atoms with van der Waals surface area (Å²) in [6.07, 6.45) is 0.562. The van der Waals surface area contributed by atoms with Gasteiger partial charge >= 0.3 is 6.09 Å². The van der Waals surface area contributed by atoms with E-state index in [0.717, 1.165) is 0 Å². The number of hydrogen-bond acceptors (Lipinski definition) is 6. The van der Waals surface area contributed by atoms with Crippen LogP contribution in [0.25, 0.3) is 0 Å². The zero-order valence-corrected chi connectivity index (χ0v) is 15.4. The fraction of sp³-hybridized carbons (Fsp3) is 0.579. The minimum absolute atomic E-state index is 0.157. The van der Waals surface area contributed by atoms with E-state index in [4.69, 9.17) is 19.3 Å². The second-order valence-electron chi connectivity index (χ2n) is 7.73. The molecule has 1 aromatic carbocycles. The molecule has 0 aromatic heterocycles. The summed E-state index contributed by atoms with van der Waals surface area (Å²) >= 11 is 0. The molecule has 152 valence electrons. The molecule has 1 aromatic rings. The van der Waals surface area contributed by atoms with Gasteiger partial charge in [-0.05, 0) is 44.2 Å². The van der Waals surface area contributed by atoms with Crippen molar-refractivity contribution in [1.82, 2.24) is 10.6 Å². The maximum Gasteiger partial charge on any atom is 0.405 e. The number of fused-ring (bicyclic) bond motifs is 4. The fourth-order valence-electron chi connectivity index (χ4n) is 4.47. The highest BCUT2D eigenvalue weighted by Gasteiger charge is 2.55. The van der Waals surface area contributed by atoms with Crippen molar-refractivity contribution in [2.45, 2.75) is 49.3 Å². The Morgan fingerprint density at radius 1 is 1.11 bits per heavy atom. The maximum absolute atomic E-state index is 12.4. The zero-order chi connectivity index (χ0) is 19.8. The molecule has 1 unspecified atom stereocenters. The molecule has 5 rings (SSSR count). The lowest BCUT2D eigenvalue weighted by molar-refractivity contribution is -0.129. The summed E-state index contributed by atoms with van der Waals surface area (Å²) in [7, 11) is 0. The quantitative estimate of drug-likeness (QED) is 0.590. The maximum atomic E-state index is 12.4.